The number of carbonyl (C=O) groups is 2. The van der Waals surface area contributed by atoms with E-state index in [-0.39, 0.29) is 43.2 Å². The molecule has 19 unspecified atom stereocenters. The molecular formula is C47H70O14. The summed E-state index contributed by atoms with van der Waals surface area (Å²) in [6.07, 6.45) is 6.36. The second kappa shape index (κ2) is 16.0. The maximum Gasteiger partial charge on any atom is 0.311 e. The Morgan fingerprint density at radius 1 is 0.754 bits per heavy atom. The minimum absolute atomic E-state index is 0.0222. The first kappa shape index (κ1) is 44.4. The van der Waals surface area contributed by atoms with Crippen molar-refractivity contribution in [2.24, 2.45) is 17.8 Å². The van der Waals surface area contributed by atoms with Crippen LogP contribution in [0.25, 0.3) is 0 Å². The van der Waals surface area contributed by atoms with Gasteiger partial charge in [-0.25, -0.2) is 0 Å². The maximum atomic E-state index is 14.1. The average molecular weight is 859 g/mol. The molecule has 3 N–H and O–H groups in total. The summed E-state index contributed by atoms with van der Waals surface area (Å²) >= 11 is 0. The summed E-state index contributed by atoms with van der Waals surface area (Å²) in [5.74, 6) is -5.28. The van der Waals surface area contributed by atoms with E-state index in [9.17, 15) is 24.9 Å². The van der Waals surface area contributed by atoms with Crippen LogP contribution in [0.5, 0.6) is 0 Å². The summed E-state index contributed by atoms with van der Waals surface area (Å²) in [7, 11) is 0. The number of ether oxygens (including phenoxy) is 9. The Morgan fingerprint density at radius 3 is 2.34 bits per heavy atom. The number of fused-ring (bicyclic) bond motifs is 10. The number of aliphatic hydroxyl groups excluding tert-OH is 2. The Bertz CT molecular complexity index is 1750. The summed E-state index contributed by atoms with van der Waals surface area (Å²) in [5, 5.41) is 34.8. The van der Waals surface area contributed by atoms with E-state index in [1.54, 1.807) is 13.8 Å². The van der Waals surface area contributed by atoms with Gasteiger partial charge in [-0.1, -0.05) is 37.6 Å². The molecule has 9 rings (SSSR count). The van der Waals surface area contributed by atoms with Gasteiger partial charge in [0, 0.05) is 38.5 Å². The van der Waals surface area contributed by atoms with Crippen LogP contribution >= 0.6 is 0 Å². The number of carbonyl (C=O) groups excluding carboxylic acids is 2. The van der Waals surface area contributed by atoms with Crippen LogP contribution < -0.4 is 0 Å². The van der Waals surface area contributed by atoms with Gasteiger partial charge in [0.1, 0.15) is 48.3 Å². The van der Waals surface area contributed by atoms with Crippen molar-refractivity contribution in [1.82, 2.24) is 0 Å². The van der Waals surface area contributed by atoms with Crippen LogP contribution in [0, 0.1) is 17.8 Å². The highest BCUT2D eigenvalue weighted by Crippen LogP contribution is 2.55. The van der Waals surface area contributed by atoms with E-state index in [0.29, 0.717) is 44.9 Å². The number of ketones is 1. The van der Waals surface area contributed by atoms with Crippen molar-refractivity contribution in [3.8, 4) is 0 Å². The maximum absolute atomic E-state index is 14.1. The first-order valence-electron chi connectivity index (χ1n) is 23.3. The molecule has 0 aromatic carbocycles. The molecule has 8 fully saturated rings. The van der Waals surface area contributed by atoms with E-state index in [2.05, 4.69) is 26.8 Å². The number of aliphatic hydroxyl groups is 3. The second-order valence-electron chi connectivity index (χ2n) is 21.3. The Kier molecular flexibility index (Phi) is 11.6. The van der Waals surface area contributed by atoms with Crippen LogP contribution in [0.3, 0.4) is 0 Å². The van der Waals surface area contributed by atoms with Crippen LogP contribution in [0.1, 0.15) is 138 Å². The van der Waals surface area contributed by atoms with E-state index < -0.39 is 101 Å². The number of hydrogen-bond acceptors (Lipinski definition) is 14. The van der Waals surface area contributed by atoms with Gasteiger partial charge in [0.2, 0.25) is 5.79 Å². The van der Waals surface area contributed by atoms with E-state index in [1.807, 2.05) is 26.0 Å². The molecule has 9 aliphatic rings. The third-order valence-corrected chi connectivity index (χ3v) is 15.9. The van der Waals surface area contributed by atoms with Crippen LogP contribution in [-0.2, 0) is 52.2 Å². The standard InChI is InChI=1S/C47H70O14/c1-26-10-11-32-34(22-37(54-32)47(52)39(49)28(3)14-20-53-47)55-41(51)29(4)31-9-8-15-45(56-31)17-12-33(57-45)40(50)44(7)24-30(48)38(60-44)35-25-43(6)18-19-46(58-35,61-43)36-13-16-42(5,59-36)23-27(2)21-26/h10-11,21,27-29,31-40,49-50,52H,8-9,12-20,22-25H2,1-7H3/b11-10?,26-21-. The molecule has 14 nitrogen and oxygen atoms in total. The number of allylic oxidation sites excluding steroid dienone is 3. The van der Waals surface area contributed by atoms with Gasteiger partial charge in [-0.15, -0.1) is 0 Å². The topological polar surface area (TPSA) is 178 Å². The van der Waals surface area contributed by atoms with Gasteiger partial charge in [0.25, 0.3) is 0 Å². The van der Waals surface area contributed by atoms with Gasteiger partial charge in [-0.3, -0.25) is 9.59 Å². The second-order valence-corrected chi connectivity index (χ2v) is 21.3. The zero-order chi connectivity index (χ0) is 43.3. The highest BCUT2D eigenvalue weighted by Gasteiger charge is 2.65. The lowest BCUT2D eigenvalue weighted by Crippen LogP contribution is -2.59. The number of rotatable bonds is 1. The van der Waals surface area contributed by atoms with Crippen molar-refractivity contribution in [3.05, 3.63) is 23.8 Å². The highest BCUT2D eigenvalue weighted by atomic mass is 16.8. The van der Waals surface area contributed by atoms with Crippen molar-refractivity contribution in [1.29, 1.82) is 0 Å². The summed E-state index contributed by atoms with van der Waals surface area (Å²) in [6.45, 7) is 14.1. The lowest BCUT2D eigenvalue weighted by Gasteiger charge is -2.47. The zero-order valence-corrected chi connectivity index (χ0v) is 37.2. The summed E-state index contributed by atoms with van der Waals surface area (Å²) in [4.78, 5) is 28.0. The predicted molar refractivity (Wildman–Crippen MR) is 218 cm³/mol. The average Bonchev–Trinajstić information content (AvgIpc) is 4.02. The monoisotopic (exact) mass is 858 g/mol. The van der Waals surface area contributed by atoms with E-state index >= 15 is 0 Å². The molecule has 0 aromatic heterocycles. The molecule has 9 aliphatic heterocycles. The van der Waals surface area contributed by atoms with E-state index in [1.165, 1.54) is 0 Å². The first-order chi connectivity index (χ1) is 28.7. The lowest BCUT2D eigenvalue weighted by molar-refractivity contribution is -0.359. The number of hydrogen-bond donors (Lipinski definition) is 3. The fourth-order valence-electron chi connectivity index (χ4n) is 12.5. The highest BCUT2D eigenvalue weighted by molar-refractivity contribution is 5.86. The Morgan fingerprint density at radius 2 is 1.54 bits per heavy atom. The van der Waals surface area contributed by atoms with Crippen LogP contribution in [0.2, 0.25) is 0 Å². The molecule has 14 heteroatoms. The minimum atomic E-state index is -1.95. The molecule has 342 valence electrons. The third kappa shape index (κ3) is 8.14. The lowest BCUT2D eigenvalue weighted by atomic mass is 9.87. The van der Waals surface area contributed by atoms with Crippen LogP contribution in [0.15, 0.2) is 23.8 Å². The fourth-order valence-corrected chi connectivity index (χ4v) is 12.5. The molecule has 10 bridgehead atoms. The van der Waals surface area contributed by atoms with Gasteiger partial charge < -0.3 is 58.0 Å². The molecule has 8 saturated heterocycles. The van der Waals surface area contributed by atoms with Gasteiger partial charge in [0.05, 0.1) is 42.0 Å². The normalized spacial score (nSPS) is 55.2. The molecule has 0 amide bonds. The Labute approximate surface area is 360 Å². The Balaban J connectivity index is 1.00. The Hall–Kier alpha value is -1.82. The summed E-state index contributed by atoms with van der Waals surface area (Å²) in [5.41, 5.74) is -1.17. The molecule has 61 heavy (non-hydrogen) atoms. The number of Topliss-reactive ketones (excluding diaryl/α,β-unsaturated/α-hetero) is 1. The van der Waals surface area contributed by atoms with Crippen molar-refractivity contribution >= 4 is 11.8 Å². The summed E-state index contributed by atoms with van der Waals surface area (Å²) < 4.78 is 59.0. The molecule has 0 aromatic rings. The fraction of sp³-hybridized carbons (Fsp3) is 0.872. The van der Waals surface area contributed by atoms with Gasteiger partial charge >= 0.3 is 5.97 Å². The molecule has 9 heterocycles. The molecule has 0 saturated carbocycles. The van der Waals surface area contributed by atoms with E-state index in [0.717, 1.165) is 37.7 Å². The molecular weight excluding hydrogens is 789 g/mol. The minimum Gasteiger partial charge on any atom is -0.459 e. The first-order valence-corrected chi connectivity index (χ1v) is 23.3. The van der Waals surface area contributed by atoms with Crippen LogP contribution in [0.4, 0.5) is 0 Å². The molecule has 2 spiro atoms. The SMILES string of the molecule is C/C1=C/C(C)CC2(C)CCC(O2)C23CCC(C)(CC(O2)C2OC(C)(CC2=O)C(O)C2CCC4(CCCC(O4)C(C)C(=O)OC4CC(C5(O)OCCC(C)C5O)OC4C=C1)O2)O3. The molecule has 19 atom stereocenters. The van der Waals surface area contributed by atoms with Gasteiger partial charge in [-0.05, 0) is 97.8 Å². The van der Waals surface area contributed by atoms with Crippen molar-refractivity contribution in [2.45, 2.75) is 234 Å². The largest absolute Gasteiger partial charge is 0.459 e. The van der Waals surface area contributed by atoms with Gasteiger partial charge in [0.15, 0.2) is 17.4 Å². The predicted octanol–water partition coefficient (Wildman–Crippen LogP) is 5.25. The third-order valence-electron chi connectivity index (χ3n) is 15.9. The quantitative estimate of drug-likeness (QED) is 0.291. The molecule has 0 aliphatic carbocycles. The summed E-state index contributed by atoms with van der Waals surface area (Å²) in [6, 6.07) is 0. The van der Waals surface area contributed by atoms with E-state index in [4.69, 9.17) is 42.6 Å². The van der Waals surface area contributed by atoms with Crippen molar-refractivity contribution in [2.75, 3.05) is 6.61 Å². The van der Waals surface area contributed by atoms with Crippen molar-refractivity contribution < 1.29 is 67.5 Å². The molecule has 0 radical (unpaired) electrons. The van der Waals surface area contributed by atoms with Gasteiger partial charge in [-0.2, -0.15) is 0 Å². The smallest absolute Gasteiger partial charge is 0.311 e. The number of esters is 1. The van der Waals surface area contributed by atoms with Crippen molar-refractivity contribution in [3.63, 3.8) is 0 Å². The van der Waals surface area contributed by atoms with Crippen LogP contribution in [-0.4, -0.2) is 129 Å². The zero-order valence-electron chi connectivity index (χ0n) is 37.2.